The summed E-state index contributed by atoms with van der Waals surface area (Å²) in [7, 11) is 0. The molecule has 90 valence electrons. The van der Waals surface area contributed by atoms with Crippen molar-refractivity contribution >= 4 is 0 Å². The van der Waals surface area contributed by atoms with Crippen molar-refractivity contribution in [2.24, 2.45) is 0 Å². The molecule has 2 rings (SSSR count). The first-order chi connectivity index (χ1) is 7.80. The summed E-state index contributed by atoms with van der Waals surface area (Å²) in [6, 6.07) is 2.64. The topological polar surface area (TPSA) is 30.3 Å². The zero-order chi connectivity index (χ0) is 11.4. The van der Waals surface area contributed by atoms with Gasteiger partial charge in [0.2, 0.25) is 0 Å². The Morgan fingerprint density at radius 2 is 1.81 bits per heavy atom. The van der Waals surface area contributed by atoms with Crippen molar-refractivity contribution in [3.63, 3.8) is 0 Å². The summed E-state index contributed by atoms with van der Waals surface area (Å²) in [4.78, 5) is 4.93. The molecule has 2 heterocycles. The first kappa shape index (κ1) is 11.9. The normalized spacial score (nSPS) is 33.5. The standard InChI is InChI=1S/C13H23N3/c1-2-15-8-5-6-13(12-14,7-11-15)16-9-3-4-10-16/h2-11H2,1H3. The maximum atomic E-state index is 9.58. The van der Waals surface area contributed by atoms with Crippen LogP contribution in [0.3, 0.4) is 0 Å². The highest BCUT2D eigenvalue weighted by atomic mass is 15.2. The Kier molecular flexibility index (Phi) is 3.83. The molecular formula is C13H23N3. The molecule has 16 heavy (non-hydrogen) atoms. The van der Waals surface area contributed by atoms with E-state index < -0.39 is 0 Å². The Labute approximate surface area is 99.0 Å². The number of hydrogen-bond acceptors (Lipinski definition) is 3. The van der Waals surface area contributed by atoms with Crippen molar-refractivity contribution < 1.29 is 0 Å². The van der Waals surface area contributed by atoms with Crippen LogP contribution in [0.25, 0.3) is 0 Å². The smallest absolute Gasteiger partial charge is 0.110 e. The van der Waals surface area contributed by atoms with Gasteiger partial charge in [-0.2, -0.15) is 5.26 Å². The van der Waals surface area contributed by atoms with Gasteiger partial charge in [0.15, 0.2) is 0 Å². The summed E-state index contributed by atoms with van der Waals surface area (Å²) in [6.45, 7) is 7.89. The molecule has 2 aliphatic heterocycles. The number of nitriles is 1. The van der Waals surface area contributed by atoms with Crippen molar-refractivity contribution in [3.05, 3.63) is 0 Å². The van der Waals surface area contributed by atoms with E-state index in [9.17, 15) is 5.26 Å². The second kappa shape index (κ2) is 5.16. The van der Waals surface area contributed by atoms with E-state index in [-0.39, 0.29) is 5.54 Å². The second-order valence-corrected chi connectivity index (χ2v) is 5.13. The Bertz CT molecular complexity index is 265. The van der Waals surface area contributed by atoms with E-state index in [1.165, 1.54) is 25.8 Å². The number of likely N-dealkylation sites (tertiary alicyclic amines) is 2. The summed E-state index contributed by atoms with van der Waals surface area (Å²) in [5.41, 5.74) is -0.138. The lowest BCUT2D eigenvalue weighted by Crippen LogP contribution is -2.46. The Hall–Kier alpha value is -0.590. The minimum Gasteiger partial charge on any atom is -0.304 e. The average Bonchev–Trinajstić information content (AvgIpc) is 2.77. The van der Waals surface area contributed by atoms with E-state index in [0.717, 1.165) is 39.0 Å². The molecule has 1 atom stereocenters. The van der Waals surface area contributed by atoms with Gasteiger partial charge in [-0.15, -0.1) is 0 Å². The molecule has 0 radical (unpaired) electrons. The third kappa shape index (κ3) is 2.23. The quantitative estimate of drug-likeness (QED) is 0.713. The van der Waals surface area contributed by atoms with Crippen LogP contribution in [-0.4, -0.2) is 48.1 Å². The Morgan fingerprint density at radius 3 is 2.44 bits per heavy atom. The summed E-state index contributed by atoms with van der Waals surface area (Å²) in [6.07, 6.45) is 5.84. The third-order valence-corrected chi connectivity index (χ3v) is 4.27. The monoisotopic (exact) mass is 221 g/mol. The minimum atomic E-state index is -0.138. The van der Waals surface area contributed by atoms with Crippen LogP contribution in [0.4, 0.5) is 0 Å². The predicted molar refractivity (Wildman–Crippen MR) is 65.1 cm³/mol. The molecule has 0 amide bonds. The second-order valence-electron chi connectivity index (χ2n) is 5.13. The Morgan fingerprint density at radius 1 is 1.06 bits per heavy atom. The third-order valence-electron chi connectivity index (χ3n) is 4.27. The Balaban J connectivity index is 2.06. The van der Waals surface area contributed by atoms with Gasteiger partial charge >= 0.3 is 0 Å². The maximum absolute atomic E-state index is 9.58. The molecule has 0 aliphatic carbocycles. The van der Waals surface area contributed by atoms with E-state index in [1.807, 2.05) is 0 Å². The van der Waals surface area contributed by atoms with Crippen molar-refractivity contribution in [3.8, 4) is 6.07 Å². The number of rotatable bonds is 2. The van der Waals surface area contributed by atoms with Gasteiger partial charge in [0.1, 0.15) is 5.54 Å². The van der Waals surface area contributed by atoms with Crippen LogP contribution in [0.1, 0.15) is 39.0 Å². The highest BCUT2D eigenvalue weighted by Gasteiger charge is 2.39. The van der Waals surface area contributed by atoms with Gasteiger partial charge in [-0.05, 0) is 58.3 Å². The molecule has 0 N–H and O–H groups in total. The van der Waals surface area contributed by atoms with E-state index in [0.29, 0.717) is 0 Å². The van der Waals surface area contributed by atoms with Gasteiger partial charge in [-0.3, -0.25) is 4.90 Å². The fourth-order valence-electron chi connectivity index (χ4n) is 3.14. The fourth-order valence-corrected chi connectivity index (χ4v) is 3.14. The molecule has 0 spiro atoms. The molecule has 3 heteroatoms. The predicted octanol–water partition coefficient (Wildman–Crippen LogP) is 1.85. The first-order valence-electron chi connectivity index (χ1n) is 6.69. The maximum Gasteiger partial charge on any atom is 0.110 e. The number of hydrogen-bond donors (Lipinski definition) is 0. The van der Waals surface area contributed by atoms with Crippen molar-refractivity contribution in [1.82, 2.24) is 9.80 Å². The molecule has 0 aromatic heterocycles. The summed E-state index contributed by atoms with van der Waals surface area (Å²) >= 11 is 0. The van der Waals surface area contributed by atoms with E-state index in [2.05, 4.69) is 22.8 Å². The molecule has 2 saturated heterocycles. The minimum absolute atomic E-state index is 0.138. The van der Waals surface area contributed by atoms with Crippen LogP contribution in [0, 0.1) is 11.3 Å². The van der Waals surface area contributed by atoms with Crippen molar-refractivity contribution in [2.45, 2.75) is 44.6 Å². The van der Waals surface area contributed by atoms with E-state index >= 15 is 0 Å². The van der Waals surface area contributed by atoms with Crippen LogP contribution in [0.15, 0.2) is 0 Å². The lowest BCUT2D eigenvalue weighted by atomic mass is 9.90. The van der Waals surface area contributed by atoms with E-state index in [1.54, 1.807) is 0 Å². The summed E-state index contributed by atoms with van der Waals surface area (Å²) < 4.78 is 0. The van der Waals surface area contributed by atoms with Crippen molar-refractivity contribution in [2.75, 3.05) is 32.7 Å². The van der Waals surface area contributed by atoms with Crippen LogP contribution in [0.5, 0.6) is 0 Å². The molecule has 0 bridgehead atoms. The molecule has 0 aromatic carbocycles. The molecule has 0 aromatic rings. The lowest BCUT2D eigenvalue weighted by molar-refractivity contribution is 0.152. The SMILES string of the molecule is CCN1CCCC(C#N)(N2CCCC2)CC1. The van der Waals surface area contributed by atoms with Crippen LogP contribution in [-0.2, 0) is 0 Å². The van der Waals surface area contributed by atoms with Gasteiger partial charge in [0.25, 0.3) is 0 Å². The highest BCUT2D eigenvalue weighted by Crippen LogP contribution is 2.31. The average molecular weight is 221 g/mol. The first-order valence-corrected chi connectivity index (χ1v) is 6.69. The molecule has 3 nitrogen and oxygen atoms in total. The van der Waals surface area contributed by atoms with Gasteiger partial charge in [0.05, 0.1) is 6.07 Å². The fraction of sp³-hybridized carbons (Fsp3) is 0.923. The summed E-state index contributed by atoms with van der Waals surface area (Å²) in [5, 5.41) is 9.58. The molecule has 2 fully saturated rings. The van der Waals surface area contributed by atoms with Gasteiger partial charge in [-0.25, -0.2) is 0 Å². The molecule has 0 saturated carbocycles. The van der Waals surface area contributed by atoms with Crippen LogP contribution < -0.4 is 0 Å². The zero-order valence-corrected chi connectivity index (χ0v) is 10.4. The lowest BCUT2D eigenvalue weighted by Gasteiger charge is -2.35. The molecule has 2 aliphatic rings. The molecule has 1 unspecified atom stereocenters. The van der Waals surface area contributed by atoms with Gasteiger partial charge in [0, 0.05) is 6.54 Å². The van der Waals surface area contributed by atoms with Gasteiger partial charge < -0.3 is 4.90 Å². The molecular weight excluding hydrogens is 198 g/mol. The van der Waals surface area contributed by atoms with Gasteiger partial charge in [-0.1, -0.05) is 6.92 Å². The number of nitrogens with zero attached hydrogens (tertiary/aromatic N) is 3. The summed E-state index contributed by atoms with van der Waals surface area (Å²) in [5.74, 6) is 0. The van der Waals surface area contributed by atoms with Crippen LogP contribution >= 0.6 is 0 Å². The van der Waals surface area contributed by atoms with E-state index in [4.69, 9.17) is 0 Å². The largest absolute Gasteiger partial charge is 0.304 e. The van der Waals surface area contributed by atoms with Crippen LogP contribution in [0.2, 0.25) is 0 Å². The highest BCUT2D eigenvalue weighted by molar-refractivity contribution is 5.10. The van der Waals surface area contributed by atoms with Crippen molar-refractivity contribution in [1.29, 1.82) is 5.26 Å². The zero-order valence-electron chi connectivity index (χ0n) is 10.4.